The Morgan fingerprint density at radius 3 is 2.79 bits per heavy atom. The average Bonchev–Trinajstić information content (AvgIpc) is 3.35. The third-order valence-corrected chi connectivity index (χ3v) is 7.18. The number of anilines is 2. The van der Waals surface area contributed by atoms with Crippen molar-refractivity contribution in [1.29, 1.82) is 0 Å². The van der Waals surface area contributed by atoms with Gasteiger partial charge in [0.2, 0.25) is 6.54 Å². The average molecular weight is 532 g/mol. The van der Waals surface area contributed by atoms with Gasteiger partial charge in [-0.1, -0.05) is 23.7 Å². The lowest BCUT2D eigenvalue weighted by molar-refractivity contribution is 0.191. The Bertz CT molecular complexity index is 1530. The normalized spacial score (nSPS) is 14.9. The maximum atomic E-state index is 12.9. The molecular formula is C28H30ClN7O2. The molecule has 0 radical (unpaired) electrons. The minimum atomic E-state index is -0.803. The van der Waals surface area contributed by atoms with Crippen LogP contribution in [0.4, 0.5) is 11.4 Å². The van der Waals surface area contributed by atoms with E-state index in [4.69, 9.17) is 23.2 Å². The first kappa shape index (κ1) is 25.8. The lowest BCUT2D eigenvalue weighted by atomic mass is 10.1. The van der Waals surface area contributed by atoms with Crippen LogP contribution in [-0.2, 0) is 0 Å². The van der Waals surface area contributed by atoms with E-state index < -0.39 is 6.10 Å². The summed E-state index contributed by atoms with van der Waals surface area (Å²) in [5, 5.41) is 14.4. The standard InChI is InChI=1S/C28H30ClN7O2/c1-18-14-21(36-12-10-35(11-13-36)9-8-30-2)16-23-26(18)34-27(33-23)25-22(6-7-31-28(25)38)32-17-24(37)19-4-3-5-20(29)15-19/h3-7,14-16,24,37H,8-13,17H2,1H3,(H,33,34)(H2,31,32,38)/t24-/m1/s1. The van der Waals surface area contributed by atoms with Crippen molar-refractivity contribution >= 4 is 34.0 Å². The molecule has 38 heavy (non-hydrogen) atoms. The Morgan fingerprint density at radius 2 is 2.03 bits per heavy atom. The van der Waals surface area contributed by atoms with Crippen LogP contribution in [0.5, 0.6) is 0 Å². The van der Waals surface area contributed by atoms with Gasteiger partial charge in [0.25, 0.3) is 5.56 Å². The number of H-pyrrole nitrogens is 2. The number of pyridine rings is 1. The van der Waals surface area contributed by atoms with Crippen LogP contribution in [0.25, 0.3) is 27.3 Å². The molecule has 0 unspecified atom stereocenters. The molecule has 1 aliphatic heterocycles. The number of aromatic nitrogens is 3. The van der Waals surface area contributed by atoms with Crippen molar-refractivity contribution in [2.45, 2.75) is 13.0 Å². The second-order valence-electron chi connectivity index (χ2n) is 9.50. The first-order valence-corrected chi connectivity index (χ1v) is 13.0. The van der Waals surface area contributed by atoms with E-state index >= 15 is 0 Å². The highest BCUT2D eigenvalue weighted by atomic mass is 35.5. The van der Waals surface area contributed by atoms with Gasteiger partial charge in [0.15, 0.2) is 0 Å². The number of aliphatic hydroxyl groups excluding tert-OH is 1. The summed E-state index contributed by atoms with van der Waals surface area (Å²) in [7, 11) is 0. The molecule has 196 valence electrons. The maximum Gasteiger partial charge on any atom is 0.261 e. The summed E-state index contributed by atoms with van der Waals surface area (Å²) in [5.74, 6) is 0.464. The van der Waals surface area contributed by atoms with Gasteiger partial charge in [-0.3, -0.25) is 9.69 Å². The number of nitrogens with zero attached hydrogens (tertiary/aromatic N) is 4. The number of piperazine rings is 1. The van der Waals surface area contributed by atoms with E-state index in [1.807, 2.05) is 13.0 Å². The molecule has 5 rings (SSSR count). The van der Waals surface area contributed by atoms with Gasteiger partial charge in [-0.2, -0.15) is 0 Å². The van der Waals surface area contributed by atoms with Crippen molar-refractivity contribution in [2.75, 3.05) is 56.0 Å². The van der Waals surface area contributed by atoms with Crippen molar-refractivity contribution < 1.29 is 5.11 Å². The molecule has 1 atom stereocenters. The predicted molar refractivity (Wildman–Crippen MR) is 152 cm³/mol. The second kappa shape index (κ2) is 11.3. The summed E-state index contributed by atoms with van der Waals surface area (Å²) >= 11 is 6.06. The monoisotopic (exact) mass is 531 g/mol. The van der Waals surface area contributed by atoms with E-state index in [2.05, 4.69) is 42.1 Å². The van der Waals surface area contributed by atoms with Crippen molar-refractivity contribution in [3.8, 4) is 11.4 Å². The fourth-order valence-corrected chi connectivity index (χ4v) is 5.09. The second-order valence-corrected chi connectivity index (χ2v) is 9.94. The topological polar surface area (TPSA) is 105 Å². The Labute approximate surface area is 225 Å². The van der Waals surface area contributed by atoms with E-state index in [0.717, 1.165) is 55.0 Å². The number of aryl methyl sites for hydroxylation is 1. The molecule has 0 aliphatic carbocycles. The van der Waals surface area contributed by atoms with Crippen LogP contribution in [0.1, 0.15) is 17.2 Å². The number of benzene rings is 2. The van der Waals surface area contributed by atoms with E-state index in [9.17, 15) is 9.90 Å². The summed E-state index contributed by atoms with van der Waals surface area (Å²) in [4.78, 5) is 31.9. The quantitative estimate of drug-likeness (QED) is 0.256. The molecule has 0 saturated carbocycles. The molecule has 2 aromatic heterocycles. The van der Waals surface area contributed by atoms with Gasteiger partial charge in [0, 0.05) is 49.6 Å². The first-order chi connectivity index (χ1) is 18.4. The summed E-state index contributed by atoms with van der Waals surface area (Å²) in [6, 6.07) is 13.1. The van der Waals surface area contributed by atoms with E-state index in [1.165, 1.54) is 0 Å². The van der Waals surface area contributed by atoms with Crippen LogP contribution in [0.3, 0.4) is 0 Å². The molecule has 0 bridgehead atoms. The number of rotatable bonds is 8. The number of aromatic amines is 2. The molecule has 2 aromatic carbocycles. The maximum absolute atomic E-state index is 12.9. The molecule has 4 N–H and O–H groups in total. The van der Waals surface area contributed by atoms with E-state index in [-0.39, 0.29) is 12.1 Å². The van der Waals surface area contributed by atoms with E-state index in [1.54, 1.807) is 30.5 Å². The van der Waals surface area contributed by atoms with Crippen molar-refractivity contribution in [3.05, 3.63) is 86.6 Å². The highest BCUT2D eigenvalue weighted by Gasteiger charge is 2.21. The largest absolute Gasteiger partial charge is 0.387 e. The fraction of sp³-hybridized carbons (Fsp3) is 0.321. The van der Waals surface area contributed by atoms with Crippen molar-refractivity contribution in [1.82, 2.24) is 19.9 Å². The molecule has 0 amide bonds. The van der Waals surface area contributed by atoms with Crippen LogP contribution in [0, 0.1) is 13.5 Å². The van der Waals surface area contributed by atoms with Gasteiger partial charge in [0.05, 0.1) is 29.4 Å². The SMILES string of the molecule is [C-]#[N+]CCN1CCN(c2cc(C)c3nc(-c4c(NC[C@@H](O)c5cccc(Cl)c5)cc[nH]c4=O)[nH]c3c2)CC1. The fourth-order valence-electron chi connectivity index (χ4n) is 4.89. The van der Waals surface area contributed by atoms with E-state index in [0.29, 0.717) is 34.2 Å². The van der Waals surface area contributed by atoms with Crippen LogP contribution < -0.4 is 15.8 Å². The minimum absolute atomic E-state index is 0.196. The smallest absolute Gasteiger partial charge is 0.261 e. The molecule has 3 heterocycles. The Hall–Kier alpha value is -3.84. The Kier molecular flexibility index (Phi) is 7.65. The Morgan fingerprint density at radius 1 is 1.21 bits per heavy atom. The van der Waals surface area contributed by atoms with Gasteiger partial charge in [-0.05, 0) is 48.4 Å². The van der Waals surface area contributed by atoms with Crippen LogP contribution >= 0.6 is 11.6 Å². The minimum Gasteiger partial charge on any atom is -0.387 e. The number of fused-ring (bicyclic) bond motifs is 1. The van der Waals surface area contributed by atoms with Gasteiger partial charge in [0.1, 0.15) is 11.4 Å². The number of hydrogen-bond donors (Lipinski definition) is 4. The Balaban J connectivity index is 1.38. The first-order valence-electron chi connectivity index (χ1n) is 12.6. The molecule has 9 nitrogen and oxygen atoms in total. The van der Waals surface area contributed by atoms with Crippen molar-refractivity contribution in [3.63, 3.8) is 0 Å². The number of halogens is 1. The van der Waals surface area contributed by atoms with Gasteiger partial charge in [-0.25, -0.2) is 11.6 Å². The van der Waals surface area contributed by atoms with Gasteiger partial charge in [-0.15, -0.1) is 0 Å². The van der Waals surface area contributed by atoms with Crippen LogP contribution in [0.2, 0.25) is 5.02 Å². The lowest BCUT2D eigenvalue weighted by Crippen LogP contribution is -2.47. The van der Waals surface area contributed by atoms with Gasteiger partial charge >= 0.3 is 0 Å². The highest BCUT2D eigenvalue weighted by molar-refractivity contribution is 6.30. The number of nitrogens with one attached hydrogen (secondary N) is 3. The molecule has 4 aromatic rings. The molecule has 1 aliphatic rings. The highest BCUT2D eigenvalue weighted by Crippen LogP contribution is 2.30. The van der Waals surface area contributed by atoms with Crippen LogP contribution in [-0.4, -0.2) is 70.8 Å². The molecule has 1 fully saturated rings. The molecule has 0 spiro atoms. The number of hydrogen-bond acceptors (Lipinski definition) is 6. The van der Waals surface area contributed by atoms with Crippen LogP contribution in [0.15, 0.2) is 53.5 Å². The molecular weight excluding hydrogens is 502 g/mol. The third-order valence-electron chi connectivity index (χ3n) is 6.94. The van der Waals surface area contributed by atoms with Crippen molar-refractivity contribution in [2.24, 2.45) is 0 Å². The zero-order valence-electron chi connectivity index (χ0n) is 21.2. The zero-order chi connectivity index (χ0) is 26.6. The van der Waals surface area contributed by atoms with Gasteiger partial charge < -0.3 is 30.1 Å². The summed E-state index contributed by atoms with van der Waals surface area (Å²) < 4.78 is 0. The third kappa shape index (κ3) is 5.53. The predicted octanol–water partition coefficient (Wildman–Crippen LogP) is 4.07. The number of imidazole rings is 1. The summed E-state index contributed by atoms with van der Waals surface area (Å²) in [5.41, 5.74) is 5.17. The summed E-state index contributed by atoms with van der Waals surface area (Å²) in [6.45, 7) is 14.2. The zero-order valence-corrected chi connectivity index (χ0v) is 21.9. The lowest BCUT2D eigenvalue weighted by Gasteiger charge is -2.35. The molecule has 1 saturated heterocycles. The summed E-state index contributed by atoms with van der Waals surface area (Å²) in [6.07, 6.45) is 0.771. The molecule has 10 heteroatoms. The number of aliphatic hydroxyl groups is 1.